The van der Waals surface area contributed by atoms with Gasteiger partial charge in [-0.25, -0.2) is 4.39 Å². The van der Waals surface area contributed by atoms with E-state index in [-0.39, 0.29) is 18.4 Å². The molecule has 6 heteroatoms. The van der Waals surface area contributed by atoms with Crippen LogP contribution >= 0.6 is 0 Å². The molecule has 1 aliphatic carbocycles. The van der Waals surface area contributed by atoms with Gasteiger partial charge in [0.15, 0.2) is 0 Å². The van der Waals surface area contributed by atoms with Crippen LogP contribution in [0.4, 0.5) is 17.6 Å². The Kier molecular flexibility index (Phi) is 4.54. The first kappa shape index (κ1) is 15.8. The van der Waals surface area contributed by atoms with Crippen molar-refractivity contribution >= 4 is 5.91 Å². The topological polar surface area (TPSA) is 29.1 Å². The Labute approximate surface area is 120 Å². The number of aryl methyl sites for hydroxylation is 1. The molecule has 0 bridgehead atoms. The third-order valence-electron chi connectivity index (χ3n) is 3.91. The van der Waals surface area contributed by atoms with E-state index in [0.717, 1.165) is 6.07 Å². The molecule has 2 rings (SSSR count). The number of amides is 1. The number of nitrogens with one attached hydrogen (secondary N) is 1. The SMILES string of the molecule is Cc1ccc(C(=O)NC2CCCC(C(F)(F)F)C2)cc1F. The number of hydrogen-bond donors (Lipinski definition) is 1. The fourth-order valence-corrected chi connectivity index (χ4v) is 2.62. The van der Waals surface area contributed by atoms with Crippen LogP contribution in [-0.2, 0) is 0 Å². The maximum atomic E-state index is 13.4. The Morgan fingerprint density at radius 2 is 2.00 bits per heavy atom. The van der Waals surface area contributed by atoms with E-state index in [1.165, 1.54) is 12.1 Å². The summed E-state index contributed by atoms with van der Waals surface area (Å²) in [4.78, 5) is 12.0. The first-order valence-corrected chi connectivity index (χ1v) is 6.91. The lowest BCUT2D eigenvalue weighted by atomic mass is 9.85. The molecule has 0 heterocycles. The summed E-state index contributed by atoms with van der Waals surface area (Å²) in [5.41, 5.74) is 0.550. The van der Waals surface area contributed by atoms with Gasteiger partial charge in [-0.1, -0.05) is 12.5 Å². The van der Waals surface area contributed by atoms with E-state index in [2.05, 4.69) is 5.32 Å². The summed E-state index contributed by atoms with van der Waals surface area (Å²) in [6, 6.07) is 3.54. The minimum absolute atomic E-state index is 0.106. The van der Waals surface area contributed by atoms with Crippen molar-refractivity contribution < 1.29 is 22.4 Å². The van der Waals surface area contributed by atoms with E-state index >= 15 is 0 Å². The standard InChI is InChI=1S/C15H17F4NO/c1-9-5-6-10(7-13(9)16)14(21)20-12-4-2-3-11(8-12)15(17,18)19/h5-7,11-12H,2-4,8H2,1H3,(H,20,21). The molecule has 1 aromatic rings. The number of carbonyl (C=O) groups excluding carboxylic acids is 1. The Hall–Kier alpha value is -1.59. The summed E-state index contributed by atoms with van der Waals surface area (Å²) < 4.78 is 51.5. The molecule has 1 aliphatic rings. The van der Waals surface area contributed by atoms with Gasteiger partial charge in [0.1, 0.15) is 5.82 Å². The highest BCUT2D eigenvalue weighted by molar-refractivity contribution is 5.94. The first-order chi connectivity index (χ1) is 9.77. The normalized spacial score (nSPS) is 22.9. The molecule has 1 saturated carbocycles. The Morgan fingerprint density at radius 1 is 1.29 bits per heavy atom. The average molecular weight is 303 g/mol. The summed E-state index contributed by atoms with van der Waals surface area (Å²) in [5.74, 6) is -2.40. The van der Waals surface area contributed by atoms with E-state index in [1.807, 2.05) is 0 Å². The zero-order valence-electron chi connectivity index (χ0n) is 11.6. The van der Waals surface area contributed by atoms with Crippen LogP contribution in [0, 0.1) is 18.7 Å². The average Bonchev–Trinajstić information content (AvgIpc) is 2.41. The lowest BCUT2D eigenvalue weighted by Crippen LogP contribution is -2.41. The van der Waals surface area contributed by atoms with E-state index in [0.29, 0.717) is 18.4 Å². The van der Waals surface area contributed by atoms with Crippen molar-refractivity contribution in [3.8, 4) is 0 Å². The molecule has 21 heavy (non-hydrogen) atoms. The number of alkyl halides is 3. The molecule has 2 nitrogen and oxygen atoms in total. The summed E-state index contributed by atoms with van der Waals surface area (Å²) in [6.07, 6.45) is -3.28. The molecule has 1 amide bonds. The molecule has 2 atom stereocenters. The molecule has 0 spiro atoms. The van der Waals surface area contributed by atoms with Crippen LogP contribution in [0.2, 0.25) is 0 Å². The minimum atomic E-state index is -4.22. The second-order valence-electron chi connectivity index (χ2n) is 5.54. The molecule has 1 aromatic carbocycles. The first-order valence-electron chi connectivity index (χ1n) is 6.91. The van der Waals surface area contributed by atoms with Crippen LogP contribution in [0.5, 0.6) is 0 Å². The van der Waals surface area contributed by atoms with Crippen LogP contribution in [0.3, 0.4) is 0 Å². The van der Waals surface area contributed by atoms with Gasteiger partial charge in [-0.2, -0.15) is 13.2 Å². The van der Waals surface area contributed by atoms with E-state index < -0.39 is 29.9 Å². The second-order valence-corrected chi connectivity index (χ2v) is 5.54. The Bertz CT molecular complexity index is 527. The quantitative estimate of drug-likeness (QED) is 0.823. The summed E-state index contributed by atoms with van der Waals surface area (Å²) >= 11 is 0. The van der Waals surface area contributed by atoms with Crippen molar-refractivity contribution in [2.24, 2.45) is 5.92 Å². The van der Waals surface area contributed by atoms with Crippen LogP contribution in [-0.4, -0.2) is 18.1 Å². The zero-order valence-corrected chi connectivity index (χ0v) is 11.6. The van der Waals surface area contributed by atoms with E-state index in [1.54, 1.807) is 6.92 Å². The molecule has 0 radical (unpaired) electrons. The molecular formula is C15H17F4NO. The van der Waals surface area contributed by atoms with Crippen molar-refractivity contribution in [3.05, 3.63) is 35.1 Å². The lowest BCUT2D eigenvalue weighted by Gasteiger charge is -2.31. The number of carbonyl (C=O) groups is 1. The van der Waals surface area contributed by atoms with Gasteiger partial charge in [0.05, 0.1) is 5.92 Å². The predicted octanol–water partition coefficient (Wildman–Crippen LogP) is 3.99. The molecule has 1 N–H and O–H groups in total. The van der Waals surface area contributed by atoms with Gasteiger partial charge >= 0.3 is 6.18 Å². The molecule has 0 aromatic heterocycles. The predicted molar refractivity (Wildman–Crippen MR) is 70.4 cm³/mol. The van der Waals surface area contributed by atoms with Gasteiger partial charge in [0.25, 0.3) is 5.91 Å². The van der Waals surface area contributed by atoms with Crippen LogP contribution in [0.15, 0.2) is 18.2 Å². The highest BCUT2D eigenvalue weighted by atomic mass is 19.4. The van der Waals surface area contributed by atoms with Gasteiger partial charge in [-0.3, -0.25) is 4.79 Å². The maximum Gasteiger partial charge on any atom is 0.391 e. The highest BCUT2D eigenvalue weighted by Crippen LogP contribution is 2.37. The van der Waals surface area contributed by atoms with E-state index in [9.17, 15) is 22.4 Å². The molecule has 1 fully saturated rings. The van der Waals surface area contributed by atoms with Crippen LogP contribution in [0.1, 0.15) is 41.6 Å². The van der Waals surface area contributed by atoms with Crippen molar-refractivity contribution in [3.63, 3.8) is 0 Å². The maximum absolute atomic E-state index is 13.4. The Morgan fingerprint density at radius 3 is 2.62 bits per heavy atom. The van der Waals surface area contributed by atoms with Gasteiger partial charge in [-0.15, -0.1) is 0 Å². The largest absolute Gasteiger partial charge is 0.391 e. The van der Waals surface area contributed by atoms with Gasteiger partial charge in [0, 0.05) is 11.6 Å². The summed E-state index contributed by atoms with van der Waals surface area (Å²) in [5, 5.41) is 2.58. The van der Waals surface area contributed by atoms with Crippen LogP contribution < -0.4 is 5.32 Å². The fourth-order valence-electron chi connectivity index (χ4n) is 2.62. The smallest absolute Gasteiger partial charge is 0.349 e. The zero-order chi connectivity index (χ0) is 15.6. The molecule has 116 valence electrons. The van der Waals surface area contributed by atoms with Crippen LogP contribution in [0.25, 0.3) is 0 Å². The minimum Gasteiger partial charge on any atom is -0.349 e. The number of halogens is 4. The van der Waals surface area contributed by atoms with Gasteiger partial charge in [-0.05, 0) is 43.9 Å². The van der Waals surface area contributed by atoms with Gasteiger partial charge < -0.3 is 5.32 Å². The number of benzene rings is 1. The second kappa shape index (κ2) is 6.03. The highest BCUT2D eigenvalue weighted by Gasteiger charge is 2.42. The van der Waals surface area contributed by atoms with Crippen molar-refractivity contribution in [1.29, 1.82) is 0 Å². The van der Waals surface area contributed by atoms with Crippen molar-refractivity contribution in [1.82, 2.24) is 5.32 Å². The number of rotatable bonds is 2. The number of hydrogen-bond acceptors (Lipinski definition) is 1. The molecule has 0 saturated heterocycles. The molecule has 2 unspecified atom stereocenters. The lowest BCUT2D eigenvalue weighted by molar-refractivity contribution is -0.183. The van der Waals surface area contributed by atoms with Crippen molar-refractivity contribution in [2.45, 2.75) is 44.8 Å². The van der Waals surface area contributed by atoms with E-state index in [4.69, 9.17) is 0 Å². The summed E-state index contributed by atoms with van der Waals surface area (Å²) in [7, 11) is 0. The summed E-state index contributed by atoms with van der Waals surface area (Å²) in [6.45, 7) is 1.58. The molecular weight excluding hydrogens is 286 g/mol. The van der Waals surface area contributed by atoms with Crippen molar-refractivity contribution in [2.75, 3.05) is 0 Å². The molecule has 0 aliphatic heterocycles. The third-order valence-corrected chi connectivity index (χ3v) is 3.91. The third kappa shape index (κ3) is 3.95. The Balaban J connectivity index is 2.00. The van der Waals surface area contributed by atoms with Gasteiger partial charge in [0.2, 0.25) is 0 Å². The monoisotopic (exact) mass is 303 g/mol. The fraction of sp³-hybridized carbons (Fsp3) is 0.533.